The number of nitrogens with one attached hydrogen (secondary N) is 2. The predicted molar refractivity (Wildman–Crippen MR) is 125 cm³/mol. The lowest BCUT2D eigenvalue weighted by Gasteiger charge is -2.17. The molecule has 0 aliphatic carbocycles. The second-order valence-corrected chi connectivity index (χ2v) is 9.80. The van der Waals surface area contributed by atoms with E-state index in [0.29, 0.717) is 22.1 Å². The van der Waals surface area contributed by atoms with Crippen LogP contribution in [0.3, 0.4) is 0 Å². The lowest BCUT2D eigenvalue weighted by atomic mass is 10.2. The molecule has 10 heteroatoms. The predicted octanol–water partition coefficient (Wildman–Crippen LogP) is 5.24. The van der Waals surface area contributed by atoms with Crippen LogP contribution in [0.25, 0.3) is 0 Å². The van der Waals surface area contributed by atoms with Crippen molar-refractivity contribution in [1.29, 1.82) is 0 Å². The zero-order valence-electron chi connectivity index (χ0n) is 16.8. The first kappa shape index (κ1) is 21.7. The van der Waals surface area contributed by atoms with Crippen LogP contribution in [-0.4, -0.2) is 31.7 Å². The largest absolute Gasteiger partial charge is 0.370 e. The normalized spacial score (nSPS) is 14.0. The summed E-state index contributed by atoms with van der Waals surface area (Å²) in [4.78, 5) is 2.26. The highest BCUT2D eigenvalue weighted by molar-refractivity contribution is 7.92. The molecule has 1 saturated heterocycles. The Morgan fingerprint density at radius 2 is 1.65 bits per heavy atom. The van der Waals surface area contributed by atoms with Gasteiger partial charge < -0.3 is 10.2 Å². The summed E-state index contributed by atoms with van der Waals surface area (Å²) in [5.74, 6) is 0.626. The first-order chi connectivity index (χ1) is 14.8. The number of sulfonamides is 1. The van der Waals surface area contributed by atoms with Crippen LogP contribution >= 0.6 is 23.2 Å². The molecule has 3 aromatic rings. The number of aromatic nitrogens is 2. The van der Waals surface area contributed by atoms with Gasteiger partial charge in [-0.05, 0) is 61.7 Å². The van der Waals surface area contributed by atoms with Gasteiger partial charge in [0.25, 0.3) is 10.0 Å². The Kier molecular flexibility index (Phi) is 6.22. The van der Waals surface area contributed by atoms with E-state index in [9.17, 15) is 8.42 Å². The van der Waals surface area contributed by atoms with Gasteiger partial charge in [0.05, 0.1) is 16.9 Å². The minimum Gasteiger partial charge on any atom is -0.370 e. The molecule has 1 aliphatic rings. The van der Waals surface area contributed by atoms with Crippen molar-refractivity contribution in [3.8, 4) is 0 Å². The number of benzene rings is 2. The Balaban J connectivity index is 1.47. The van der Waals surface area contributed by atoms with Crippen LogP contribution in [0.15, 0.2) is 53.6 Å². The molecule has 2 heterocycles. The van der Waals surface area contributed by atoms with Crippen molar-refractivity contribution in [3.05, 3.63) is 64.3 Å². The van der Waals surface area contributed by atoms with Gasteiger partial charge in [-0.3, -0.25) is 4.72 Å². The van der Waals surface area contributed by atoms with Crippen LogP contribution in [0.4, 0.5) is 22.9 Å². The summed E-state index contributed by atoms with van der Waals surface area (Å²) in [5.41, 5.74) is 2.83. The van der Waals surface area contributed by atoms with E-state index in [-0.39, 0.29) is 9.92 Å². The van der Waals surface area contributed by atoms with Gasteiger partial charge >= 0.3 is 0 Å². The molecule has 2 N–H and O–H groups in total. The van der Waals surface area contributed by atoms with Crippen LogP contribution < -0.4 is 14.9 Å². The molecular weight excluding hydrogens is 457 g/mol. The van der Waals surface area contributed by atoms with Crippen molar-refractivity contribution in [1.82, 2.24) is 10.2 Å². The molecule has 31 heavy (non-hydrogen) atoms. The standard InChI is InChI=1S/C21H21Cl2N5O2S/c1-14-10-20(19(23)12-18(14)22)31(29,30)27-16-6-4-15(5-7-16)25-21-11-17(13-24-26-21)28-8-2-3-9-28/h4-7,10-13,27H,2-3,8-9H2,1H3,(H,25,26). The molecule has 1 aliphatic heterocycles. The Morgan fingerprint density at radius 1 is 0.968 bits per heavy atom. The van der Waals surface area contributed by atoms with E-state index >= 15 is 0 Å². The van der Waals surface area contributed by atoms with Gasteiger partial charge in [0.1, 0.15) is 4.90 Å². The lowest BCUT2D eigenvalue weighted by Crippen LogP contribution is -2.18. The second kappa shape index (κ2) is 8.90. The van der Waals surface area contributed by atoms with Crippen molar-refractivity contribution < 1.29 is 8.42 Å². The van der Waals surface area contributed by atoms with Crippen molar-refractivity contribution in [2.24, 2.45) is 0 Å². The first-order valence-electron chi connectivity index (χ1n) is 9.75. The van der Waals surface area contributed by atoms with E-state index in [0.717, 1.165) is 24.5 Å². The number of anilines is 4. The number of nitrogens with zero attached hydrogens (tertiary/aromatic N) is 3. The van der Waals surface area contributed by atoms with E-state index in [1.165, 1.54) is 25.0 Å². The van der Waals surface area contributed by atoms with Gasteiger partial charge in [-0.1, -0.05) is 23.2 Å². The molecule has 0 amide bonds. The summed E-state index contributed by atoms with van der Waals surface area (Å²) in [6, 6.07) is 11.7. The maximum absolute atomic E-state index is 12.7. The van der Waals surface area contributed by atoms with E-state index < -0.39 is 10.0 Å². The van der Waals surface area contributed by atoms with Gasteiger partial charge in [-0.25, -0.2) is 8.42 Å². The highest BCUT2D eigenvalue weighted by Crippen LogP contribution is 2.30. The maximum atomic E-state index is 12.7. The highest BCUT2D eigenvalue weighted by atomic mass is 35.5. The third kappa shape index (κ3) is 5.03. The fraction of sp³-hybridized carbons (Fsp3) is 0.238. The first-order valence-corrected chi connectivity index (χ1v) is 12.0. The van der Waals surface area contributed by atoms with Crippen LogP contribution in [0, 0.1) is 6.92 Å². The highest BCUT2D eigenvalue weighted by Gasteiger charge is 2.20. The molecule has 0 atom stereocenters. The van der Waals surface area contributed by atoms with Gasteiger partial charge in [0.15, 0.2) is 5.82 Å². The van der Waals surface area contributed by atoms with Crippen LogP contribution in [-0.2, 0) is 10.0 Å². The molecule has 2 aromatic carbocycles. The summed E-state index contributed by atoms with van der Waals surface area (Å²) in [5, 5.41) is 11.9. The molecule has 0 spiro atoms. The Morgan fingerprint density at radius 3 is 2.35 bits per heavy atom. The smallest absolute Gasteiger partial charge is 0.263 e. The quantitative estimate of drug-likeness (QED) is 0.504. The average molecular weight is 478 g/mol. The minimum absolute atomic E-state index is 0.0210. The Labute approximate surface area is 191 Å². The number of hydrogen-bond donors (Lipinski definition) is 2. The molecule has 0 radical (unpaired) electrons. The summed E-state index contributed by atoms with van der Waals surface area (Å²) in [6.07, 6.45) is 4.13. The topological polar surface area (TPSA) is 87.2 Å². The van der Waals surface area contributed by atoms with Crippen LogP contribution in [0.1, 0.15) is 18.4 Å². The van der Waals surface area contributed by atoms with Gasteiger partial charge in [-0.2, -0.15) is 5.10 Å². The second-order valence-electron chi connectivity index (χ2n) is 7.33. The SMILES string of the molecule is Cc1cc(S(=O)(=O)Nc2ccc(Nc3cc(N4CCCC4)cnn3)cc2)c(Cl)cc1Cl. The van der Waals surface area contributed by atoms with E-state index in [1.807, 2.05) is 6.07 Å². The molecule has 162 valence electrons. The van der Waals surface area contributed by atoms with Crippen molar-refractivity contribution in [2.75, 3.05) is 28.0 Å². The minimum atomic E-state index is -3.86. The van der Waals surface area contributed by atoms with E-state index in [4.69, 9.17) is 23.2 Å². The fourth-order valence-corrected chi connectivity index (χ4v) is 5.27. The summed E-state index contributed by atoms with van der Waals surface area (Å²) in [6.45, 7) is 3.77. The van der Waals surface area contributed by atoms with Gasteiger partial charge in [0, 0.05) is 35.6 Å². The van der Waals surface area contributed by atoms with Crippen molar-refractivity contribution in [3.63, 3.8) is 0 Å². The molecule has 0 bridgehead atoms. The maximum Gasteiger partial charge on any atom is 0.263 e. The molecule has 0 saturated carbocycles. The molecule has 7 nitrogen and oxygen atoms in total. The molecule has 0 unspecified atom stereocenters. The number of rotatable bonds is 6. The fourth-order valence-electron chi connectivity index (χ4n) is 3.38. The Bertz CT molecular complexity index is 1200. The summed E-state index contributed by atoms with van der Waals surface area (Å²) < 4.78 is 28.0. The van der Waals surface area contributed by atoms with Crippen molar-refractivity contribution >= 4 is 56.1 Å². The van der Waals surface area contributed by atoms with E-state index in [2.05, 4.69) is 25.1 Å². The van der Waals surface area contributed by atoms with Gasteiger partial charge in [-0.15, -0.1) is 5.10 Å². The Hall–Kier alpha value is -2.55. The monoisotopic (exact) mass is 477 g/mol. The molecular formula is C21H21Cl2N5O2S. The number of aryl methyl sites for hydroxylation is 1. The van der Waals surface area contributed by atoms with Crippen LogP contribution in [0.2, 0.25) is 10.0 Å². The van der Waals surface area contributed by atoms with Crippen LogP contribution in [0.5, 0.6) is 0 Å². The lowest BCUT2D eigenvalue weighted by molar-refractivity contribution is 0.601. The zero-order valence-corrected chi connectivity index (χ0v) is 19.1. The number of hydrogen-bond acceptors (Lipinski definition) is 6. The molecule has 1 aromatic heterocycles. The van der Waals surface area contributed by atoms with E-state index in [1.54, 1.807) is 37.4 Å². The van der Waals surface area contributed by atoms with Crippen molar-refractivity contribution in [2.45, 2.75) is 24.7 Å². The summed E-state index contributed by atoms with van der Waals surface area (Å²) >= 11 is 12.1. The van der Waals surface area contributed by atoms with Gasteiger partial charge in [0.2, 0.25) is 0 Å². The average Bonchev–Trinajstić information content (AvgIpc) is 3.27. The number of halogens is 2. The zero-order chi connectivity index (χ0) is 22.0. The summed E-state index contributed by atoms with van der Waals surface area (Å²) in [7, 11) is -3.86. The molecule has 1 fully saturated rings. The third-order valence-corrected chi connectivity index (χ3v) is 7.28. The molecule has 4 rings (SSSR count). The third-order valence-electron chi connectivity index (χ3n) is 5.02.